The van der Waals surface area contributed by atoms with Gasteiger partial charge in [0, 0.05) is 0 Å². The van der Waals surface area contributed by atoms with E-state index in [4.69, 9.17) is 9.84 Å². The summed E-state index contributed by atoms with van der Waals surface area (Å²) in [6.45, 7) is 5.84. The summed E-state index contributed by atoms with van der Waals surface area (Å²) in [4.78, 5) is 10.2. The predicted octanol–water partition coefficient (Wildman–Crippen LogP) is 6.28. The highest BCUT2D eigenvalue weighted by Crippen LogP contribution is 2.16. The van der Waals surface area contributed by atoms with Crippen LogP contribution < -0.4 is 0 Å². The average Bonchev–Trinajstić information content (AvgIpc) is 2.68. The zero-order valence-electron chi connectivity index (χ0n) is 15.2. The highest BCUT2D eigenvalue weighted by molar-refractivity contribution is 5.83. The van der Waals surface area contributed by atoms with Gasteiger partial charge in [0.2, 0.25) is 0 Å². The van der Waals surface area contributed by atoms with Gasteiger partial charge in [-0.05, 0) is 37.3 Å². The Kier molecular flexibility index (Phi) is 10.8. The van der Waals surface area contributed by atoms with Crippen LogP contribution in [0.4, 0.5) is 11.4 Å². The molecule has 0 aromatic heterocycles. The molecule has 0 fully saturated rings. The number of hydrogen-bond donors (Lipinski definition) is 1. The number of nitrogens with zero attached hydrogens (tertiary/aromatic N) is 2. The second-order valence-corrected chi connectivity index (χ2v) is 5.51. The molecule has 0 aliphatic rings. The first kappa shape index (κ1) is 21.1. The van der Waals surface area contributed by atoms with Crippen molar-refractivity contribution in [3.05, 3.63) is 73.0 Å². The Balaban J connectivity index is 0.000000265. The summed E-state index contributed by atoms with van der Waals surface area (Å²) < 4.78 is 4.86. The number of ether oxygens (including phenoxy) is 1. The highest BCUT2D eigenvalue weighted by atomic mass is 16.5. The maximum Gasteiger partial charge on any atom is 0.370 e. The number of benzene rings is 2. The van der Waals surface area contributed by atoms with Gasteiger partial charge < -0.3 is 9.84 Å². The first-order valence-electron chi connectivity index (χ1n) is 8.70. The molecule has 0 unspecified atom stereocenters. The fourth-order valence-corrected chi connectivity index (χ4v) is 1.89. The summed E-state index contributed by atoms with van der Waals surface area (Å²) in [6.07, 6.45) is 4.33. The van der Waals surface area contributed by atoms with Crippen LogP contribution in [0.15, 0.2) is 83.2 Å². The van der Waals surface area contributed by atoms with E-state index in [1.807, 2.05) is 60.7 Å². The lowest BCUT2D eigenvalue weighted by molar-refractivity contribution is -0.136. The molecule has 0 saturated heterocycles. The standard InChI is InChI=1S/C12H10N2.C9H16O3/c1-3-7-11(8-4-1)13-14-12-9-5-2-6-10-12;1-3-4-5-6-7-12-8(2)9(10)11/h1-10H;2-7H2,1H3,(H,10,11). The van der Waals surface area contributed by atoms with Crippen molar-refractivity contribution in [3.63, 3.8) is 0 Å². The molecule has 26 heavy (non-hydrogen) atoms. The summed E-state index contributed by atoms with van der Waals surface area (Å²) in [5.74, 6) is -1.24. The number of rotatable bonds is 9. The molecule has 0 saturated carbocycles. The van der Waals surface area contributed by atoms with E-state index in [1.54, 1.807) is 0 Å². The number of carboxylic acids is 1. The maximum atomic E-state index is 10.2. The Morgan fingerprint density at radius 3 is 1.85 bits per heavy atom. The van der Waals surface area contributed by atoms with Crippen molar-refractivity contribution in [3.8, 4) is 0 Å². The Labute approximate surface area is 155 Å². The van der Waals surface area contributed by atoms with Crippen LogP contribution >= 0.6 is 0 Å². The lowest BCUT2D eigenvalue weighted by Crippen LogP contribution is -2.04. The largest absolute Gasteiger partial charge is 0.487 e. The smallest absolute Gasteiger partial charge is 0.370 e. The minimum atomic E-state index is -1.08. The van der Waals surface area contributed by atoms with Gasteiger partial charge in [-0.25, -0.2) is 4.79 Å². The van der Waals surface area contributed by atoms with E-state index in [1.165, 1.54) is 12.8 Å². The summed E-state index contributed by atoms with van der Waals surface area (Å²) in [7, 11) is 0. The average molecular weight is 354 g/mol. The van der Waals surface area contributed by atoms with Crippen LogP contribution in [-0.4, -0.2) is 17.7 Å². The number of carbonyl (C=O) groups is 1. The van der Waals surface area contributed by atoms with Gasteiger partial charge in [-0.1, -0.05) is 62.6 Å². The summed E-state index contributed by atoms with van der Waals surface area (Å²) >= 11 is 0. The molecule has 0 amide bonds. The van der Waals surface area contributed by atoms with Gasteiger partial charge in [0.25, 0.3) is 0 Å². The van der Waals surface area contributed by atoms with Crippen LogP contribution in [0.3, 0.4) is 0 Å². The summed E-state index contributed by atoms with van der Waals surface area (Å²) in [6, 6.07) is 19.4. The van der Waals surface area contributed by atoms with Crippen molar-refractivity contribution < 1.29 is 14.6 Å². The fraction of sp³-hybridized carbons (Fsp3) is 0.286. The second-order valence-electron chi connectivity index (χ2n) is 5.51. The molecule has 2 rings (SSSR count). The second kappa shape index (κ2) is 13.4. The van der Waals surface area contributed by atoms with Gasteiger partial charge in [0.05, 0.1) is 18.0 Å². The molecular weight excluding hydrogens is 328 g/mol. The van der Waals surface area contributed by atoms with E-state index in [0.717, 1.165) is 24.2 Å². The molecular formula is C21H26N2O3. The van der Waals surface area contributed by atoms with Crippen molar-refractivity contribution in [2.24, 2.45) is 10.2 Å². The zero-order chi connectivity index (χ0) is 19.0. The van der Waals surface area contributed by atoms with Crippen LogP contribution in [0.5, 0.6) is 0 Å². The monoisotopic (exact) mass is 354 g/mol. The number of aliphatic carboxylic acids is 1. The third kappa shape index (κ3) is 10.0. The van der Waals surface area contributed by atoms with Crippen LogP contribution in [0.25, 0.3) is 0 Å². The van der Waals surface area contributed by atoms with Crippen LogP contribution in [0.1, 0.15) is 32.6 Å². The van der Waals surface area contributed by atoms with Gasteiger partial charge in [-0.3, -0.25) is 0 Å². The molecule has 0 heterocycles. The van der Waals surface area contributed by atoms with E-state index in [2.05, 4.69) is 23.7 Å². The SMILES string of the molecule is C=C(OCCCCCC)C(=O)O.c1ccc(N=Nc2ccccc2)cc1. The minimum absolute atomic E-state index is 0.161. The third-order valence-electron chi connectivity index (χ3n) is 3.31. The molecule has 0 radical (unpaired) electrons. The Morgan fingerprint density at radius 2 is 1.42 bits per heavy atom. The van der Waals surface area contributed by atoms with E-state index < -0.39 is 5.97 Å². The highest BCUT2D eigenvalue weighted by Gasteiger charge is 2.02. The van der Waals surface area contributed by atoms with Crippen molar-refractivity contribution in [1.82, 2.24) is 0 Å². The van der Waals surface area contributed by atoms with E-state index >= 15 is 0 Å². The number of unbranched alkanes of at least 4 members (excludes halogenated alkanes) is 3. The zero-order valence-corrected chi connectivity index (χ0v) is 15.2. The van der Waals surface area contributed by atoms with Crippen molar-refractivity contribution in [2.45, 2.75) is 32.6 Å². The molecule has 0 spiro atoms. The molecule has 0 aliphatic heterocycles. The molecule has 2 aromatic carbocycles. The lowest BCUT2D eigenvalue weighted by atomic mass is 10.2. The van der Waals surface area contributed by atoms with Crippen LogP contribution in [0, 0.1) is 0 Å². The normalized spacial score (nSPS) is 10.0. The minimum Gasteiger partial charge on any atom is -0.487 e. The first-order chi connectivity index (χ1) is 12.6. The van der Waals surface area contributed by atoms with Gasteiger partial charge in [-0.15, -0.1) is 0 Å². The van der Waals surface area contributed by atoms with Gasteiger partial charge in [-0.2, -0.15) is 10.2 Å². The topological polar surface area (TPSA) is 71.2 Å². The lowest BCUT2D eigenvalue weighted by Gasteiger charge is -2.03. The number of azo groups is 1. The molecule has 5 nitrogen and oxygen atoms in total. The quantitative estimate of drug-likeness (QED) is 0.249. The number of hydrogen-bond acceptors (Lipinski definition) is 4. The molecule has 0 bridgehead atoms. The van der Waals surface area contributed by atoms with Gasteiger partial charge in [0.15, 0.2) is 5.76 Å². The van der Waals surface area contributed by atoms with Gasteiger partial charge >= 0.3 is 5.97 Å². The van der Waals surface area contributed by atoms with E-state index in [9.17, 15) is 4.79 Å². The fourth-order valence-electron chi connectivity index (χ4n) is 1.89. The maximum absolute atomic E-state index is 10.2. The van der Waals surface area contributed by atoms with E-state index in [0.29, 0.717) is 6.61 Å². The predicted molar refractivity (Wildman–Crippen MR) is 104 cm³/mol. The third-order valence-corrected chi connectivity index (χ3v) is 3.31. The van der Waals surface area contributed by atoms with Gasteiger partial charge in [0.1, 0.15) is 0 Å². The van der Waals surface area contributed by atoms with Crippen molar-refractivity contribution >= 4 is 17.3 Å². The van der Waals surface area contributed by atoms with Crippen molar-refractivity contribution in [2.75, 3.05) is 6.61 Å². The van der Waals surface area contributed by atoms with Crippen molar-refractivity contribution in [1.29, 1.82) is 0 Å². The van der Waals surface area contributed by atoms with E-state index in [-0.39, 0.29) is 5.76 Å². The Hall–Kier alpha value is -2.95. The molecule has 2 aromatic rings. The first-order valence-corrected chi connectivity index (χ1v) is 8.70. The number of carboxylic acid groups (broad SMARTS) is 1. The Bertz CT molecular complexity index is 629. The summed E-state index contributed by atoms with van der Waals surface area (Å²) in [5.41, 5.74) is 1.74. The molecule has 5 heteroatoms. The molecule has 138 valence electrons. The van der Waals surface area contributed by atoms with Crippen LogP contribution in [0.2, 0.25) is 0 Å². The summed E-state index contributed by atoms with van der Waals surface area (Å²) in [5, 5.41) is 16.6. The molecule has 1 N–H and O–H groups in total. The van der Waals surface area contributed by atoms with Crippen LogP contribution in [-0.2, 0) is 9.53 Å². The molecule has 0 atom stereocenters. The Morgan fingerprint density at radius 1 is 0.923 bits per heavy atom. The molecule has 0 aliphatic carbocycles.